The fourth-order valence-corrected chi connectivity index (χ4v) is 8.07. The maximum atomic E-state index is 14.7. The Morgan fingerprint density at radius 3 is 2.28 bits per heavy atom. The third-order valence-electron chi connectivity index (χ3n) is 10.7. The zero-order valence-corrected chi connectivity index (χ0v) is 25.7. The van der Waals surface area contributed by atoms with Crippen LogP contribution in [0.3, 0.4) is 0 Å². The standard InChI is InChI=1S/C33H42O10/c1-18-22(42-26(37)13-12-21-10-8-7-9-11-21)15-32(39)16-23-31(6,24(36)14-25-33(23,17-40-25)43-20(3)35)29(38)28(41-19(2)34)27(18)30(32,4)5/h7-11,22-25,28,36,39H,12-17H2,1-6H3/t22-,23?,24-,25+,28+,31-,32+,33+/m0/s1. The molecule has 1 saturated heterocycles. The van der Waals surface area contributed by atoms with Crippen LogP contribution >= 0.6 is 0 Å². The lowest BCUT2D eigenvalue weighted by atomic mass is 9.46. The summed E-state index contributed by atoms with van der Waals surface area (Å²) < 4.78 is 23.4. The average Bonchev–Trinajstić information content (AvgIpc) is 2.92. The van der Waals surface area contributed by atoms with Gasteiger partial charge in [-0.2, -0.15) is 0 Å². The minimum atomic E-state index is -1.62. The van der Waals surface area contributed by atoms with Crippen LogP contribution in [0.4, 0.5) is 0 Å². The maximum absolute atomic E-state index is 14.7. The lowest BCUT2D eigenvalue weighted by Crippen LogP contribution is -2.77. The Hall–Kier alpha value is -3.08. The summed E-state index contributed by atoms with van der Waals surface area (Å²) in [7, 11) is 0. The van der Waals surface area contributed by atoms with Crippen LogP contribution in [0, 0.1) is 16.7 Å². The Labute approximate surface area is 251 Å². The number of Topliss-reactive ketones (excluding diaryl/α,β-unsaturated/α-hetero) is 1. The van der Waals surface area contributed by atoms with Gasteiger partial charge in [0.25, 0.3) is 0 Å². The highest BCUT2D eigenvalue weighted by atomic mass is 16.6. The van der Waals surface area contributed by atoms with E-state index in [-0.39, 0.29) is 32.3 Å². The van der Waals surface area contributed by atoms with Gasteiger partial charge >= 0.3 is 17.9 Å². The molecule has 1 heterocycles. The number of hydrogen-bond acceptors (Lipinski definition) is 10. The number of aryl methyl sites for hydroxylation is 1. The average molecular weight is 599 g/mol. The van der Waals surface area contributed by atoms with Crippen molar-refractivity contribution in [2.24, 2.45) is 16.7 Å². The first-order valence-corrected chi connectivity index (χ1v) is 14.9. The fraction of sp³-hybridized carbons (Fsp3) is 0.636. The molecule has 0 spiro atoms. The number of carbonyl (C=O) groups excluding carboxylic acids is 4. The van der Waals surface area contributed by atoms with Crippen LogP contribution in [0.25, 0.3) is 0 Å². The van der Waals surface area contributed by atoms with Crippen molar-refractivity contribution >= 4 is 23.7 Å². The van der Waals surface area contributed by atoms with Crippen LogP contribution in [0.1, 0.15) is 72.8 Å². The van der Waals surface area contributed by atoms with E-state index in [0.717, 1.165) is 5.56 Å². The molecule has 0 radical (unpaired) electrons. The second-order valence-corrected chi connectivity index (χ2v) is 13.4. The van der Waals surface area contributed by atoms with Gasteiger partial charge in [-0.1, -0.05) is 44.2 Å². The number of rotatable bonds is 6. The van der Waals surface area contributed by atoms with Crippen molar-refractivity contribution in [2.75, 3.05) is 6.61 Å². The van der Waals surface area contributed by atoms with Gasteiger partial charge in [0.1, 0.15) is 12.2 Å². The van der Waals surface area contributed by atoms with E-state index in [9.17, 15) is 29.4 Å². The minimum absolute atomic E-state index is 0.00224. The third-order valence-corrected chi connectivity index (χ3v) is 10.7. The quantitative estimate of drug-likeness (QED) is 0.285. The van der Waals surface area contributed by atoms with Crippen LogP contribution in [0.15, 0.2) is 41.5 Å². The van der Waals surface area contributed by atoms with Crippen molar-refractivity contribution in [3.8, 4) is 0 Å². The van der Waals surface area contributed by atoms with Gasteiger partial charge in [0, 0.05) is 44.4 Å². The zero-order chi connectivity index (χ0) is 31.5. The summed E-state index contributed by atoms with van der Waals surface area (Å²) in [6, 6.07) is 9.53. The first-order chi connectivity index (χ1) is 20.1. The van der Waals surface area contributed by atoms with E-state index in [1.807, 2.05) is 30.3 Å². The van der Waals surface area contributed by atoms with E-state index in [0.29, 0.717) is 17.6 Å². The van der Waals surface area contributed by atoms with Crippen LogP contribution < -0.4 is 0 Å². The Bertz CT molecular complexity index is 1350. The smallest absolute Gasteiger partial charge is 0.306 e. The molecule has 2 saturated carbocycles. The summed E-state index contributed by atoms with van der Waals surface area (Å²) in [6.45, 7) is 9.33. The van der Waals surface area contributed by atoms with Crippen molar-refractivity contribution in [1.82, 2.24) is 0 Å². The van der Waals surface area contributed by atoms with E-state index in [1.54, 1.807) is 27.7 Å². The van der Waals surface area contributed by atoms with E-state index in [2.05, 4.69) is 0 Å². The van der Waals surface area contributed by atoms with E-state index >= 15 is 0 Å². The summed E-state index contributed by atoms with van der Waals surface area (Å²) >= 11 is 0. The molecule has 3 fully saturated rings. The van der Waals surface area contributed by atoms with Gasteiger partial charge in [-0.05, 0) is 43.4 Å². The summed E-state index contributed by atoms with van der Waals surface area (Å²) in [5.74, 6) is -3.21. The molecule has 43 heavy (non-hydrogen) atoms. The first-order valence-electron chi connectivity index (χ1n) is 14.9. The Morgan fingerprint density at radius 2 is 1.70 bits per heavy atom. The zero-order valence-electron chi connectivity index (χ0n) is 25.7. The van der Waals surface area contributed by atoms with Gasteiger partial charge in [0.05, 0.1) is 23.7 Å². The fourth-order valence-electron chi connectivity index (χ4n) is 8.07. The molecule has 234 valence electrons. The first kappa shape index (κ1) is 31.3. The molecule has 1 aliphatic heterocycles. The maximum Gasteiger partial charge on any atom is 0.306 e. The molecule has 1 aromatic carbocycles. The van der Waals surface area contributed by atoms with E-state index in [1.165, 1.54) is 13.8 Å². The van der Waals surface area contributed by atoms with Crippen molar-refractivity contribution in [3.63, 3.8) is 0 Å². The van der Waals surface area contributed by atoms with Gasteiger partial charge in [0.2, 0.25) is 0 Å². The highest BCUT2D eigenvalue weighted by Gasteiger charge is 2.74. The number of fused-ring (bicyclic) bond motifs is 5. The second kappa shape index (κ2) is 10.8. The van der Waals surface area contributed by atoms with E-state index < -0.39 is 76.1 Å². The molecule has 10 nitrogen and oxygen atoms in total. The molecule has 8 atom stereocenters. The molecule has 3 aliphatic carbocycles. The number of aliphatic hydroxyl groups is 2. The van der Waals surface area contributed by atoms with Gasteiger partial charge in [-0.15, -0.1) is 0 Å². The summed E-state index contributed by atoms with van der Waals surface area (Å²) in [5, 5.41) is 24.1. The molecule has 1 unspecified atom stereocenters. The largest absolute Gasteiger partial charge is 0.458 e. The number of aliphatic hydroxyl groups excluding tert-OH is 1. The minimum Gasteiger partial charge on any atom is -0.458 e. The second-order valence-electron chi connectivity index (χ2n) is 13.4. The van der Waals surface area contributed by atoms with Gasteiger partial charge in [0.15, 0.2) is 17.5 Å². The molecule has 0 amide bonds. The summed E-state index contributed by atoms with van der Waals surface area (Å²) in [4.78, 5) is 52.7. The Kier molecular flexibility index (Phi) is 7.89. The summed E-state index contributed by atoms with van der Waals surface area (Å²) in [6.07, 6.45) is -3.74. The number of carbonyl (C=O) groups is 4. The number of hydrogen-bond donors (Lipinski definition) is 2. The lowest BCUT2D eigenvalue weighted by molar-refractivity contribution is -0.327. The SMILES string of the molecule is CC(=O)O[C@H]1C(=O)[C@@]2(C)C(C[C@]3(O)C[C@H](OC(=O)CCc4ccccc4)C(C)=C1C3(C)C)[C@]1(OC(C)=O)CO[C@@H]1C[C@@H]2O. The molecule has 1 aromatic rings. The van der Waals surface area contributed by atoms with Crippen molar-refractivity contribution in [1.29, 1.82) is 0 Å². The van der Waals surface area contributed by atoms with Crippen LogP contribution in [0.5, 0.6) is 0 Å². The molecule has 2 bridgehead atoms. The van der Waals surface area contributed by atoms with Gasteiger partial charge in [-0.3, -0.25) is 19.2 Å². The Morgan fingerprint density at radius 1 is 1.02 bits per heavy atom. The van der Waals surface area contributed by atoms with Crippen molar-refractivity contribution < 1.29 is 48.3 Å². The normalized spacial score (nSPS) is 38.0. The highest BCUT2D eigenvalue weighted by molar-refractivity contribution is 5.95. The topological polar surface area (TPSA) is 146 Å². The monoisotopic (exact) mass is 598 g/mol. The van der Waals surface area contributed by atoms with Crippen molar-refractivity contribution in [3.05, 3.63) is 47.0 Å². The lowest BCUT2D eigenvalue weighted by Gasteiger charge is -2.65. The number of ketones is 1. The molecular formula is C33H42O10. The number of benzene rings is 1. The van der Waals surface area contributed by atoms with E-state index in [4.69, 9.17) is 18.9 Å². The van der Waals surface area contributed by atoms with Gasteiger partial charge < -0.3 is 29.2 Å². The van der Waals surface area contributed by atoms with Crippen LogP contribution in [-0.4, -0.2) is 76.1 Å². The molecule has 2 N–H and O–H groups in total. The molecule has 10 heteroatoms. The molecular weight excluding hydrogens is 556 g/mol. The van der Waals surface area contributed by atoms with Gasteiger partial charge in [-0.25, -0.2) is 0 Å². The predicted molar refractivity (Wildman–Crippen MR) is 152 cm³/mol. The number of ether oxygens (including phenoxy) is 4. The number of esters is 3. The molecule has 0 aromatic heterocycles. The Balaban J connectivity index is 1.60. The third kappa shape index (κ3) is 4.91. The molecule has 4 aliphatic rings. The van der Waals surface area contributed by atoms with Crippen LogP contribution in [0.2, 0.25) is 0 Å². The predicted octanol–water partition coefficient (Wildman–Crippen LogP) is 3.00. The van der Waals surface area contributed by atoms with Crippen molar-refractivity contribution in [2.45, 2.75) is 109 Å². The molecule has 5 rings (SSSR count). The highest BCUT2D eigenvalue weighted by Crippen LogP contribution is 2.63. The van der Waals surface area contributed by atoms with Crippen LogP contribution in [-0.2, 0) is 44.5 Å². The summed E-state index contributed by atoms with van der Waals surface area (Å²) in [5.41, 5.74) is -3.76.